The third-order valence-corrected chi connectivity index (χ3v) is 9.11. The molecule has 0 aliphatic heterocycles. The molecule has 0 saturated heterocycles. The van der Waals surface area contributed by atoms with E-state index in [0.29, 0.717) is 0 Å². The second kappa shape index (κ2) is 6.22. The van der Waals surface area contributed by atoms with Crippen molar-refractivity contribution in [3.05, 3.63) is 53.6 Å². The topological polar surface area (TPSA) is 9.23 Å². The molecule has 19 heavy (non-hydrogen) atoms. The Kier molecular flexibility index (Phi) is 4.61. The minimum Gasteiger partial charge on any atom is -0.501 e. The van der Waals surface area contributed by atoms with E-state index >= 15 is 0 Å². The van der Waals surface area contributed by atoms with E-state index in [-0.39, 0.29) is 0 Å². The second-order valence-corrected chi connectivity index (χ2v) is 10.8. The number of hydrogen-bond donors (Lipinski definition) is 0. The summed E-state index contributed by atoms with van der Waals surface area (Å²) in [6, 6.07) is 15.3. The number of thiophene rings is 1. The Balaban J connectivity index is 2.22. The molecule has 100 valence electrons. The van der Waals surface area contributed by atoms with Crippen LogP contribution in [0.15, 0.2) is 48.7 Å². The third kappa shape index (κ3) is 3.36. The average Bonchev–Trinajstić information content (AvgIpc) is 2.90. The first-order valence-electron chi connectivity index (χ1n) is 6.58. The van der Waals surface area contributed by atoms with Gasteiger partial charge < -0.3 is 4.74 Å². The summed E-state index contributed by atoms with van der Waals surface area (Å²) in [4.78, 5) is 1.26. The fraction of sp³-hybridized carbons (Fsp3) is 0.250. The van der Waals surface area contributed by atoms with Crippen LogP contribution in [0.2, 0.25) is 13.1 Å². The van der Waals surface area contributed by atoms with Crippen molar-refractivity contribution in [3.63, 3.8) is 0 Å². The zero-order chi connectivity index (χ0) is 13.7. The van der Waals surface area contributed by atoms with Crippen LogP contribution in [-0.2, 0) is 4.74 Å². The molecule has 0 spiro atoms. The highest BCUT2D eigenvalue weighted by Crippen LogP contribution is 2.15. The molecule has 1 heterocycles. The van der Waals surface area contributed by atoms with Gasteiger partial charge in [-0.05, 0) is 23.6 Å². The van der Waals surface area contributed by atoms with Crippen LogP contribution in [0.25, 0.3) is 6.08 Å². The monoisotopic (exact) mass is 288 g/mol. The highest BCUT2D eigenvalue weighted by Gasteiger charge is 2.27. The van der Waals surface area contributed by atoms with Crippen LogP contribution < -0.4 is 9.69 Å². The van der Waals surface area contributed by atoms with Crippen LogP contribution in [-0.4, -0.2) is 14.7 Å². The Morgan fingerprint density at radius 1 is 1.11 bits per heavy atom. The number of rotatable bonds is 5. The number of benzene rings is 1. The maximum absolute atomic E-state index is 5.25. The van der Waals surface area contributed by atoms with E-state index in [0.717, 1.165) is 6.61 Å². The lowest BCUT2D eigenvalue weighted by atomic mass is 10.4. The normalized spacial score (nSPS) is 11.9. The molecule has 3 heteroatoms. The van der Waals surface area contributed by atoms with E-state index in [1.54, 1.807) is 6.26 Å². The molecule has 0 N–H and O–H groups in total. The van der Waals surface area contributed by atoms with Crippen molar-refractivity contribution in [3.8, 4) is 0 Å². The summed E-state index contributed by atoms with van der Waals surface area (Å²) in [6.07, 6.45) is 3.83. The van der Waals surface area contributed by atoms with Crippen LogP contribution >= 0.6 is 11.3 Å². The molecule has 0 saturated carbocycles. The van der Waals surface area contributed by atoms with Crippen LogP contribution in [0.5, 0.6) is 0 Å². The van der Waals surface area contributed by atoms with E-state index in [1.165, 1.54) is 14.6 Å². The van der Waals surface area contributed by atoms with Crippen molar-refractivity contribution in [1.29, 1.82) is 0 Å². The minimum absolute atomic E-state index is 0.721. The molecular formula is C16H20OSSi. The Labute approximate surface area is 120 Å². The number of ether oxygens (including phenoxy) is 1. The van der Waals surface area contributed by atoms with Gasteiger partial charge in [-0.15, -0.1) is 11.3 Å². The predicted molar refractivity (Wildman–Crippen MR) is 88.2 cm³/mol. The maximum atomic E-state index is 5.25. The van der Waals surface area contributed by atoms with E-state index in [2.05, 4.69) is 55.6 Å². The van der Waals surface area contributed by atoms with Crippen LogP contribution in [0.1, 0.15) is 11.8 Å². The van der Waals surface area contributed by atoms with Crippen LogP contribution in [0, 0.1) is 0 Å². The first-order valence-corrected chi connectivity index (χ1v) is 10.4. The lowest BCUT2D eigenvalue weighted by Gasteiger charge is -2.21. The minimum atomic E-state index is -1.54. The van der Waals surface area contributed by atoms with Gasteiger partial charge in [0.15, 0.2) is 0 Å². The van der Waals surface area contributed by atoms with Gasteiger partial charge in [0.25, 0.3) is 0 Å². The van der Waals surface area contributed by atoms with Gasteiger partial charge in [-0.3, -0.25) is 0 Å². The van der Waals surface area contributed by atoms with E-state index in [4.69, 9.17) is 4.74 Å². The van der Waals surface area contributed by atoms with Gasteiger partial charge >= 0.3 is 0 Å². The van der Waals surface area contributed by atoms with E-state index in [1.807, 2.05) is 24.3 Å². The van der Waals surface area contributed by atoms with Gasteiger partial charge in [0.05, 0.1) is 12.9 Å². The summed E-state index contributed by atoms with van der Waals surface area (Å²) in [5, 5.41) is 1.48. The number of hydrogen-bond acceptors (Lipinski definition) is 2. The van der Waals surface area contributed by atoms with Gasteiger partial charge in [-0.25, -0.2) is 0 Å². The summed E-state index contributed by atoms with van der Waals surface area (Å²) in [7, 11) is -1.54. The molecular weight excluding hydrogens is 268 g/mol. The first-order chi connectivity index (χ1) is 9.14. The van der Waals surface area contributed by atoms with E-state index < -0.39 is 8.07 Å². The fourth-order valence-electron chi connectivity index (χ4n) is 1.99. The molecule has 0 aliphatic carbocycles. The second-order valence-electron chi connectivity index (χ2n) is 4.95. The third-order valence-electron chi connectivity index (χ3n) is 3.23. The van der Waals surface area contributed by atoms with Gasteiger partial charge in [-0.1, -0.05) is 54.7 Å². The van der Waals surface area contributed by atoms with Gasteiger partial charge in [0, 0.05) is 4.88 Å². The fourth-order valence-corrected chi connectivity index (χ4v) is 6.17. The Morgan fingerprint density at radius 2 is 1.84 bits per heavy atom. The Hall–Kier alpha value is -1.32. The summed E-state index contributed by atoms with van der Waals surface area (Å²) in [5.41, 5.74) is 0. The van der Waals surface area contributed by atoms with Crippen molar-refractivity contribution >= 4 is 35.2 Å². The summed E-state index contributed by atoms with van der Waals surface area (Å²) >= 11 is 1.88. The molecule has 1 aromatic heterocycles. The first kappa shape index (κ1) is 14.1. The lowest BCUT2D eigenvalue weighted by molar-refractivity contribution is 0.272. The lowest BCUT2D eigenvalue weighted by Crippen LogP contribution is -2.51. The molecule has 2 rings (SSSR count). The smallest absolute Gasteiger partial charge is 0.124 e. The highest BCUT2D eigenvalue weighted by atomic mass is 32.1. The van der Waals surface area contributed by atoms with Crippen LogP contribution in [0.3, 0.4) is 0 Å². The molecule has 1 aromatic carbocycles. The summed E-state index contributed by atoms with van der Waals surface area (Å²) in [6.45, 7) is 7.53. The van der Waals surface area contributed by atoms with Crippen molar-refractivity contribution in [2.24, 2.45) is 0 Å². The summed E-state index contributed by atoms with van der Waals surface area (Å²) in [5.74, 6) is 0. The van der Waals surface area contributed by atoms with Crippen molar-refractivity contribution in [1.82, 2.24) is 0 Å². The largest absolute Gasteiger partial charge is 0.501 e. The maximum Gasteiger partial charge on any atom is 0.124 e. The summed E-state index contributed by atoms with van der Waals surface area (Å²) < 4.78 is 6.76. The van der Waals surface area contributed by atoms with Crippen molar-refractivity contribution < 1.29 is 4.74 Å². The molecule has 0 radical (unpaired) electrons. The Bertz CT molecular complexity index is 543. The molecule has 0 unspecified atom stereocenters. The molecule has 0 bridgehead atoms. The van der Waals surface area contributed by atoms with Gasteiger partial charge in [0.2, 0.25) is 0 Å². The highest BCUT2D eigenvalue weighted by molar-refractivity contribution is 7.29. The van der Waals surface area contributed by atoms with Gasteiger partial charge in [0.1, 0.15) is 8.07 Å². The zero-order valence-corrected chi connectivity index (χ0v) is 13.5. The average molecular weight is 288 g/mol. The van der Waals surface area contributed by atoms with Gasteiger partial charge in [-0.2, -0.15) is 0 Å². The predicted octanol–water partition coefficient (Wildman–Crippen LogP) is 3.58. The van der Waals surface area contributed by atoms with Crippen molar-refractivity contribution in [2.75, 3.05) is 6.61 Å². The van der Waals surface area contributed by atoms with E-state index in [9.17, 15) is 0 Å². The zero-order valence-electron chi connectivity index (χ0n) is 11.7. The van der Waals surface area contributed by atoms with Crippen LogP contribution in [0.4, 0.5) is 0 Å². The molecule has 2 aromatic rings. The Morgan fingerprint density at radius 3 is 2.53 bits per heavy atom. The SMILES string of the molecule is CCOC=Cc1ccc([Si](C)(C)c2ccccc2)s1. The molecule has 0 aliphatic rings. The molecule has 0 atom stereocenters. The molecule has 0 fully saturated rings. The molecule has 1 nitrogen and oxygen atoms in total. The standard InChI is InChI=1S/C16H20OSSi/c1-4-17-13-12-14-10-11-16(18-14)19(2,3)15-8-6-5-7-9-15/h5-13H,4H2,1-3H3. The molecule has 0 amide bonds. The van der Waals surface area contributed by atoms with Crippen molar-refractivity contribution in [2.45, 2.75) is 20.0 Å². The quantitative estimate of drug-likeness (QED) is 0.603.